The fourth-order valence-corrected chi connectivity index (χ4v) is 7.38. The number of likely N-dealkylation sites (tertiary alicyclic amines) is 2. The lowest BCUT2D eigenvalue weighted by Crippen LogP contribution is -2.48. The van der Waals surface area contributed by atoms with Crippen LogP contribution in [-0.4, -0.2) is 47.8 Å². The van der Waals surface area contributed by atoms with Gasteiger partial charge >= 0.3 is 6.18 Å². The Morgan fingerprint density at radius 1 is 0.911 bits per heavy atom. The zero-order valence-corrected chi connectivity index (χ0v) is 26.0. The van der Waals surface area contributed by atoms with Crippen LogP contribution < -0.4 is 5.32 Å². The van der Waals surface area contributed by atoms with Crippen LogP contribution in [0.15, 0.2) is 54.6 Å². The van der Waals surface area contributed by atoms with Crippen molar-refractivity contribution < 1.29 is 27.2 Å². The summed E-state index contributed by atoms with van der Waals surface area (Å²) >= 11 is 12.3. The Bertz CT molecular complexity index is 1590. The standard InChI is InChI=1S/C34H33Cl2F4N3O2/c35-27-2-1-3-29(37)26(27)20-42-14-10-33(11-15-42)12-16-43(17-13-33)32(45)22-5-4-21-6-9-30(24(21)18-22)41-31(44)25-19-23(34(38,39)40)7-8-28(25)36/h1-5,7-8,18-19,30H,6,9-17,20H2,(H,41,44). The Balaban J connectivity index is 1.06. The van der Waals surface area contributed by atoms with Gasteiger partial charge in [0.2, 0.25) is 0 Å². The largest absolute Gasteiger partial charge is 0.416 e. The predicted molar refractivity (Wildman–Crippen MR) is 165 cm³/mol. The second-order valence-electron chi connectivity index (χ2n) is 12.4. The topological polar surface area (TPSA) is 52.7 Å². The number of fused-ring (bicyclic) bond motifs is 1. The molecule has 1 N–H and O–H groups in total. The van der Waals surface area contributed by atoms with E-state index < -0.39 is 23.7 Å². The lowest BCUT2D eigenvalue weighted by molar-refractivity contribution is -0.137. The molecule has 6 rings (SSSR count). The summed E-state index contributed by atoms with van der Waals surface area (Å²) in [6.07, 6.45) is 0.411. The first-order valence-corrected chi connectivity index (χ1v) is 15.9. The Morgan fingerprint density at radius 2 is 1.62 bits per heavy atom. The molecule has 0 radical (unpaired) electrons. The number of rotatable bonds is 5. The van der Waals surface area contributed by atoms with Crippen molar-refractivity contribution in [2.45, 2.75) is 57.3 Å². The highest BCUT2D eigenvalue weighted by Crippen LogP contribution is 2.42. The van der Waals surface area contributed by atoms with Crippen LogP contribution in [0.2, 0.25) is 10.0 Å². The Kier molecular flexibility index (Phi) is 8.89. The molecule has 238 valence electrons. The molecular weight excluding hydrogens is 629 g/mol. The predicted octanol–water partition coefficient (Wildman–Crippen LogP) is 8.09. The summed E-state index contributed by atoms with van der Waals surface area (Å²) in [5, 5.41) is 3.22. The zero-order chi connectivity index (χ0) is 31.9. The number of piperidine rings is 2. The molecule has 2 fully saturated rings. The first-order valence-electron chi connectivity index (χ1n) is 15.2. The third kappa shape index (κ3) is 6.71. The number of hydrogen-bond acceptors (Lipinski definition) is 3. The van der Waals surface area contributed by atoms with Gasteiger partial charge < -0.3 is 10.2 Å². The SMILES string of the molecule is O=C(NC1CCc2ccc(C(=O)N3CCC4(CCN(Cc5c(F)cccc5Cl)CC4)CC3)cc21)c1cc(C(F)(F)F)ccc1Cl. The van der Waals surface area contributed by atoms with Gasteiger partial charge in [-0.15, -0.1) is 0 Å². The van der Waals surface area contributed by atoms with Gasteiger partial charge in [0.05, 0.1) is 22.2 Å². The van der Waals surface area contributed by atoms with Crippen LogP contribution in [0, 0.1) is 11.2 Å². The maximum Gasteiger partial charge on any atom is 0.416 e. The monoisotopic (exact) mass is 661 g/mol. The van der Waals surface area contributed by atoms with Crippen molar-refractivity contribution in [2.24, 2.45) is 5.41 Å². The van der Waals surface area contributed by atoms with E-state index in [0.29, 0.717) is 48.6 Å². The van der Waals surface area contributed by atoms with Crippen molar-refractivity contribution in [3.63, 3.8) is 0 Å². The quantitative estimate of drug-likeness (QED) is 0.281. The molecule has 2 saturated heterocycles. The molecule has 1 atom stereocenters. The summed E-state index contributed by atoms with van der Waals surface area (Å²) in [7, 11) is 0. The van der Waals surface area contributed by atoms with Crippen molar-refractivity contribution in [3.05, 3.63) is 104 Å². The third-order valence-electron chi connectivity index (χ3n) is 9.79. The Morgan fingerprint density at radius 3 is 2.31 bits per heavy atom. The van der Waals surface area contributed by atoms with Crippen LogP contribution in [0.25, 0.3) is 0 Å². The van der Waals surface area contributed by atoms with E-state index in [1.807, 2.05) is 17.0 Å². The van der Waals surface area contributed by atoms with E-state index in [-0.39, 0.29) is 27.7 Å². The maximum absolute atomic E-state index is 14.3. The average molecular weight is 663 g/mol. The number of amides is 2. The van der Waals surface area contributed by atoms with Crippen LogP contribution in [0.1, 0.15) is 81.1 Å². The molecule has 2 heterocycles. The van der Waals surface area contributed by atoms with Crippen LogP contribution in [-0.2, 0) is 19.1 Å². The van der Waals surface area contributed by atoms with E-state index in [4.69, 9.17) is 23.2 Å². The zero-order valence-electron chi connectivity index (χ0n) is 24.5. The van der Waals surface area contributed by atoms with Crippen molar-refractivity contribution in [3.8, 4) is 0 Å². The lowest BCUT2D eigenvalue weighted by Gasteiger charge is -2.47. The van der Waals surface area contributed by atoms with Gasteiger partial charge in [0.25, 0.3) is 11.8 Å². The minimum atomic E-state index is -4.60. The second-order valence-corrected chi connectivity index (χ2v) is 13.3. The molecule has 0 aromatic heterocycles. The Labute approximate surface area is 269 Å². The minimum absolute atomic E-state index is 0.0642. The molecule has 5 nitrogen and oxygen atoms in total. The third-order valence-corrected chi connectivity index (χ3v) is 10.5. The molecule has 3 aromatic rings. The van der Waals surface area contributed by atoms with Gasteiger partial charge in [0.15, 0.2) is 0 Å². The van der Waals surface area contributed by atoms with Crippen LogP contribution >= 0.6 is 23.2 Å². The van der Waals surface area contributed by atoms with Gasteiger partial charge in [-0.3, -0.25) is 14.5 Å². The summed E-state index contributed by atoms with van der Waals surface area (Å²) in [5.74, 6) is -1.04. The van der Waals surface area contributed by atoms with E-state index in [1.165, 1.54) is 6.07 Å². The molecule has 11 heteroatoms. The fourth-order valence-electron chi connectivity index (χ4n) is 6.96. The number of alkyl halides is 3. The summed E-state index contributed by atoms with van der Waals surface area (Å²) in [6.45, 7) is 3.47. The molecule has 2 aliphatic heterocycles. The molecule has 2 amide bonds. The summed E-state index contributed by atoms with van der Waals surface area (Å²) in [5.41, 5.74) is 1.82. The number of carbonyl (C=O) groups is 2. The number of nitrogens with zero attached hydrogens (tertiary/aromatic N) is 2. The molecule has 1 aliphatic carbocycles. The maximum atomic E-state index is 14.3. The van der Waals surface area contributed by atoms with Crippen molar-refractivity contribution >= 4 is 35.0 Å². The number of halogens is 6. The van der Waals surface area contributed by atoms with E-state index in [2.05, 4.69) is 10.2 Å². The summed E-state index contributed by atoms with van der Waals surface area (Å²) in [6, 6.07) is 12.5. The lowest BCUT2D eigenvalue weighted by atomic mass is 9.71. The first kappa shape index (κ1) is 31.8. The first-order chi connectivity index (χ1) is 21.4. The molecule has 1 spiro atoms. The van der Waals surface area contributed by atoms with Crippen LogP contribution in [0.4, 0.5) is 17.6 Å². The van der Waals surface area contributed by atoms with E-state index >= 15 is 0 Å². The molecule has 0 bridgehead atoms. The second kappa shape index (κ2) is 12.6. The fraction of sp³-hybridized carbons (Fsp3) is 0.412. The van der Waals surface area contributed by atoms with Gasteiger partial charge in [-0.1, -0.05) is 35.3 Å². The molecule has 45 heavy (non-hydrogen) atoms. The van der Waals surface area contributed by atoms with Crippen LogP contribution in [0.3, 0.4) is 0 Å². The van der Waals surface area contributed by atoms with Crippen molar-refractivity contribution in [1.82, 2.24) is 15.1 Å². The van der Waals surface area contributed by atoms with Crippen molar-refractivity contribution in [1.29, 1.82) is 0 Å². The number of hydrogen-bond donors (Lipinski definition) is 1. The normalized spacial score (nSPS) is 19.9. The smallest absolute Gasteiger partial charge is 0.345 e. The van der Waals surface area contributed by atoms with Crippen LogP contribution in [0.5, 0.6) is 0 Å². The minimum Gasteiger partial charge on any atom is -0.345 e. The summed E-state index contributed by atoms with van der Waals surface area (Å²) < 4.78 is 54.0. The number of carbonyl (C=O) groups excluding carboxylic acids is 2. The molecule has 3 aliphatic rings. The highest BCUT2D eigenvalue weighted by Gasteiger charge is 2.39. The van der Waals surface area contributed by atoms with Gasteiger partial charge in [-0.05, 0) is 111 Å². The average Bonchev–Trinajstić information content (AvgIpc) is 3.41. The molecule has 0 saturated carbocycles. The van der Waals surface area contributed by atoms with E-state index in [1.54, 1.807) is 18.2 Å². The molecule has 1 unspecified atom stereocenters. The van der Waals surface area contributed by atoms with Gasteiger partial charge in [0, 0.05) is 35.8 Å². The number of benzene rings is 3. The van der Waals surface area contributed by atoms with Crippen molar-refractivity contribution in [2.75, 3.05) is 26.2 Å². The molecular formula is C34H33Cl2F4N3O2. The van der Waals surface area contributed by atoms with Gasteiger partial charge in [-0.25, -0.2) is 4.39 Å². The highest BCUT2D eigenvalue weighted by atomic mass is 35.5. The van der Waals surface area contributed by atoms with Gasteiger partial charge in [0.1, 0.15) is 5.82 Å². The number of aryl methyl sites for hydroxylation is 1. The van der Waals surface area contributed by atoms with E-state index in [0.717, 1.165) is 68.1 Å². The molecule has 3 aromatic carbocycles. The Hall–Kier alpha value is -3.14. The van der Waals surface area contributed by atoms with Gasteiger partial charge in [-0.2, -0.15) is 13.2 Å². The highest BCUT2D eigenvalue weighted by molar-refractivity contribution is 6.33. The van der Waals surface area contributed by atoms with E-state index in [9.17, 15) is 27.2 Å². The number of nitrogens with one attached hydrogen (secondary N) is 1. The summed E-state index contributed by atoms with van der Waals surface area (Å²) in [4.78, 5) is 30.7.